The number of ether oxygens (including phenoxy) is 2. The van der Waals surface area contributed by atoms with Gasteiger partial charge in [0.05, 0.1) is 0 Å². The third-order valence-electron chi connectivity index (χ3n) is 9.78. The van der Waals surface area contributed by atoms with Gasteiger partial charge in [-0.1, -0.05) is 24.3 Å². The monoisotopic (exact) mass is 662 g/mol. The molecule has 0 saturated heterocycles. The molecule has 4 amide bonds. The van der Waals surface area contributed by atoms with Crippen molar-refractivity contribution in [2.24, 2.45) is 5.73 Å². The van der Waals surface area contributed by atoms with E-state index in [1.165, 1.54) is 9.80 Å². The molecule has 0 saturated carbocycles. The zero-order valence-corrected chi connectivity index (χ0v) is 28.2. The molecule has 5 aromatic carbocycles. The molecule has 10 heteroatoms. The molecular formula is C39H42N4O6. The lowest BCUT2D eigenvalue weighted by molar-refractivity contribution is 0.0571. The average molecular weight is 663 g/mol. The van der Waals surface area contributed by atoms with Crippen molar-refractivity contribution in [1.82, 2.24) is 14.7 Å². The Balaban J connectivity index is 1.16. The largest absolute Gasteiger partial charge is 0.381 e. The number of fused-ring (bicyclic) bond motifs is 2. The van der Waals surface area contributed by atoms with E-state index in [0.29, 0.717) is 85.4 Å². The Labute approximate surface area is 285 Å². The molecule has 2 aliphatic heterocycles. The fraction of sp³-hybridized carbons (Fsp3) is 0.385. The minimum absolute atomic E-state index is 0.270. The summed E-state index contributed by atoms with van der Waals surface area (Å²) in [6, 6.07) is 15.0. The maximum atomic E-state index is 13.8. The molecule has 0 radical (unpaired) electrons. The summed E-state index contributed by atoms with van der Waals surface area (Å²) in [7, 11) is 3.94. The fourth-order valence-electron chi connectivity index (χ4n) is 7.44. The van der Waals surface area contributed by atoms with Crippen LogP contribution in [0.2, 0.25) is 0 Å². The zero-order chi connectivity index (χ0) is 34.2. The lowest BCUT2D eigenvalue weighted by Gasteiger charge is -2.30. The average Bonchev–Trinajstić information content (AvgIpc) is 3.10. The van der Waals surface area contributed by atoms with Crippen LogP contribution in [-0.4, -0.2) is 105 Å². The molecule has 0 aliphatic carbocycles. The molecule has 0 unspecified atom stereocenters. The van der Waals surface area contributed by atoms with Gasteiger partial charge in [0.25, 0.3) is 23.6 Å². The van der Waals surface area contributed by atoms with Gasteiger partial charge >= 0.3 is 0 Å². The Kier molecular flexibility index (Phi) is 9.30. The number of carbonyl (C=O) groups excluding carboxylic acids is 4. The van der Waals surface area contributed by atoms with Gasteiger partial charge in [-0.05, 0) is 116 Å². The van der Waals surface area contributed by atoms with Gasteiger partial charge in [-0.3, -0.25) is 29.0 Å². The molecule has 0 spiro atoms. The van der Waals surface area contributed by atoms with E-state index in [2.05, 4.69) is 0 Å². The highest BCUT2D eigenvalue weighted by atomic mass is 16.5. The summed E-state index contributed by atoms with van der Waals surface area (Å²) < 4.78 is 11.3. The van der Waals surface area contributed by atoms with Crippen LogP contribution in [0.3, 0.4) is 0 Å². The summed E-state index contributed by atoms with van der Waals surface area (Å²) >= 11 is 0. The van der Waals surface area contributed by atoms with E-state index in [9.17, 15) is 19.2 Å². The normalized spacial score (nSPS) is 14.7. The second-order valence-corrected chi connectivity index (χ2v) is 13.3. The van der Waals surface area contributed by atoms with Crippen LogP contribution in [0.15, 0.2) is 48.5 Å². The van der Waals surface area contributed by atoms with Crippen LogP contribution >= 0.6 is 0 Å². The number of nitrogens with two attached hydrogens (primary N) is 1. The van der Waals surface area contributed by atoms with E-state index in [0.717, 1.165) is 58.1 Å². The summed E-state index contributed by atoms with van der Waals surface area (Å²) in [5.74, 6) is -1.17. The number of hydrogen-bond donors (Lipinski definition) is 1. The minimum atomic E-state index is -0.308. The van der Waals surface area contributed by atoms with Crippen molar-refractivity contribution < 1.29 is 28.7 Å². The second-order valence-electron chi connectivity index (χ2n) is 13.3. The molecule has 2 heterocycles. The molecule has 5 aromatic rings. The third kappa shape index (κ3) is 5.72. The van der Waals surface area contributed by atoms with Crippen LogP contribution in [0.25, 0.3) is 43.1 Å². The number of imide groups is 2. The lowest BCUT2D eigenvalue weighted by Crippen LogP contribution is -2.41. The smallest absolute Gasteiger partial charge is 0.261 e. The van der Waals surface area contributed by atoms with E-state index in [1.807, 2.05) is 67.5 Å². The number of rotatable bonds is 16. The van der Waals surface area contributed by atoms with E-state index in [4.69, 9.17) is 15.2 Å². The Morgan fingerprint density at radius 3 is 1.27 bits per heavy atom. The first-order chi connectivity index (χ1) is 23.8. The molecule has 0 fully saturated rings. The quantitative estimate of drug-likeness (QED) is 0.0642. The van der Waals surface area contributed by atoms with E-state index < -0.39 is 0 Å². The molecule has 2 aliphatic rings. The van der Waals surface area contributed by atoms with Crippen molar-refractivity contribution in [1.29, 1.82) is 0 Å². The predicted molar refractivity (Wildman–Crippen MR) is 191 cm³/mol. The first-order valence-electron chi connectivity index (χ1n) is 17.3. The molecular weight excluding hydrogens is 620 g/mol. The molecule has 254 valence electrons. The summed E-state index contributed by atoms with van der Waals surface area (Å²) in [5, 5.41) is 6.56. The highest BCUT2D eigenvalue weighted by Crippen LogP contribution is 2.46. The van der Waals surface area contributed by atoms with Crippen molar-refractivity contribution in [3.05, 3.63) is 70.8 Å². The van der Waals surface area contributed by atoms with Crippen molar-refractivity contribution >= 4 is 66.7 Å². The Bertz CT molecular complexity index is 1990. The lowest BCUT2D eigenvalue weighted by atomic mass is 9.82. The van der Waals surface area contributed by atoms with Crippen LogP contribution < -0.4 is 5.73 Å². The van der Waals surface area contributed by atoms with E-state index >= 15 is 0 Å². The molecule has 49 heavy (non-hydrogen) atoms. The highest BCUT2D eigenvalue weighted by Gasteiger charge is 2.36. The van der Waals surface area contributed by atoms with Gasteiger partial charge in [-0.25, -0.2) is 0 Å². The molecule has 0 aromatic heterocycles. The van der Waals surface area contributed by atoms with Gasteiger partial charge in [0.15, 0.2) is 0 Å². The van der Waals surface area contributed by atoms with Gasteiger partial charge in [0.2, 0.25) is 0 Å². The van der Waals surface area contributed by atoms with Gasteiger partial charge < -0.3 is 20.1 Å². The van der Waals surface area contributed by atoms with E-state index in [1.54, 1.807) is 0 Å². The Morgan fingerprint density at radius 2 is 0.878 bits per heavy atom. The number of carbonyl (C=O) groups is 4. The number of benzene rings is 5. The van der Waals surface area contributed by atoms with Crippen molar-refractivity contribution in [3.63, 3.8) is 0 Å². The molecule has 7 rings (SSSR count). The zero-order valence-electron chi connectivity index (χ0n) is 28.2. The summed E-state index contributed by atoms with van der Waals surface area (Å²) in [6.45, 7) is 4.45. The summed E-state index contributed by atoms with van der Waals surface area (Å²) in [6.07, 6.45) is 3.89. The highest BCUT2D eigenvalue weighted by molar-refractivity contribution is 6.41. The molecule has 0 atom stereocenters. The standard InChI is InChI=1S/C39H42N4O6/c1-41(2)17-6-18-42-36(44)28-12-8-24-26-10-14-30-35-31(15-11-27(33(26)35)25-9-13-29(37(42)45)34(28)32(24)25)39(47)43(38(30)46)19-7-23-49-21-4-3-20-48-22-5-16-40/h8-15H,3-7,16-23,40H2,1-2H3. The third-order valence-corrected chi connectivity index (χ3v) is 9.78. The topological polar surface area (TPSA) is 122 Å². The van der Waals surface area contributed by atoms with Crippen LogP contribution in [0.1, 0.15) is 73.5 Å². The first kappa shape index (κ1) is 33.0. The Hall–Kier alpha value is -4.48. The van der Waals surface area contributed by atoms with Crippen molar-refractivity contribution in [2.45, 2.75) is 32.1 Å². The SMILES string of the molecule is CN(C)CCCN1C(=O)c2ccc3c4ccc5c6c(ccc(c7ccc(c2c37)C1=O)c64)C(=O)N(CCCOCCCCOCCCN)C5=O. The molecule has 0 bridgehead atoms. The summed E-state index contributed by atoms with van der Waals surface area (Å²) in [5.41, 5.74) is 7.51. The van der Waals surface area contributed by atoms with Gasteiger partial charge in [0.1, 0.15) is 0 Å². The minimum Gasteiger partial charge on any atom is -0.381 e. The predicted octanol–water partition coefficient (Wildman–Crippen LogP) is 5.43. The number of hydrogen-bond acceptors (Lipinski definition) is 8. The molecule has 10 nitrogen and oxygen atoms in total. The maximum absolute atomic E-state index is 13.8. The van der Waals surface area contributed by atoms with Gasteiger partial charge in [-0.15, -0.1) is 0 Å². The molecule has 2 N–H and O–H groups in total. The van der Waals surface area contributed by atoms with Crippen LogP contribution in [0.5, 0.6) is 0 Å². The van der Waals surface area contributed by atoms with Crippen LogP contribution in [-0.2, 0) is 9.47 Å². The van der Waals surface area contributed by atoms with Crippen molar-refractivity contribution in [3.8, 4) is 0 Å². The maximum Gasteiger partial charge on any atom is 0.261 e. The number of amides is 4. The number of nitrogens with zero attached hydrogens (tertiary/aromatic N) is 3. The van der Waals surface area contributed by atoms with Gasteiger partial charge in [0, 0.05) is 72.5 Å². The van der Waals surface area contributed by atoms with Crippen LogP contribution in [0.4, 0.5) is 0 Å². The fourth-order valence-corrected chi connectivity index (χ4v) is 7.44. The Morgan fingerprint density at radius 1 is 0.510 bits per heavy atom. The van der Waals surface area contributed by atoms with Gasteiger partial charge in [-0.2, -0.15) is 0 Å². The second kappa shape index (κ2) is 13.8. The summed E-state index contributed by atoms with van der Waals surface area (Å²) in [4.78, 5) is 59.7. The van der Waals surface area contributed by atoms with Crippen molar-refractivity contribution in [2.75, 3.05) is 66.7 Å². The first-order valence-corrected chi connectivity index (χ1v) is 17.3. The van der Waals surface area contributed by atoms with Crippen LogP contribution in [0, 0.1) is 0 Å². The van der Waals surface area contributed by atoms with E-state index in [-0.39, 0.29) is 30.2 Å². The number of unbranched alkanes of at least 4 members (excludes halogenated alkanes) is 1.